The van der Waals surface area contributed by atoms with Gasteiger partial charge in [-0.1, -0.05) is 0 Å². The first-order valence-corrected chi connectivity index (χ1v) is 7.32. The number of hydrogen-bond acceptors (Lipinski definition) is 5. The van der Waals surface area contributed by atoms with Gasteiger partial charge in [0.1, 0.15) is 6.61 Å². The van der Waals surface area contributed by atoms with Crippen molar-refractivity contribution in [1.29, 1.82) is 0 Å². The molecule has 0 bridgehead atoms. The van der Waals surface area contributed by atoms with Crippen molar-refractivity contribution < 1.29 is 24.2 Å². The third kappa shape index (κ3) is 5.88. The van der Waals surface area contributed by atoms with Crippen LogP contribution < -0.4 is 0 Å². The molecule has 1 fully saturated rings. The van der Waals surface area contributed by atoms with E-state index in [0.29, 0.717) is 26.2 Å². The summed E-state index contributed by atoms with van der Waals surface area (Å²) in [6.45, 7) is 3.26. The maximum absolute atomic E-state index is 11.8. The van der Waals surface area contributed by atoms with E-state index in [0.717, 1.165) is 25.7 Å². The van der Waals surface area contributed by atoms with Gasteiger partial charge < -0.3 is 19.5 Å². The number of unbranched alkanes of at least 4 members (excludes halogenated alkanes) is 1. The second-order valence-electron chi connectivity index (χ2n) is 4.88. The van der Waals surface area contributed by atoms with Gasteiger partial charge in [-0.25, -0.2) is 4.79 Å². The lowest BCUT2D eigenvalue weighted by Crippen LogP contribution is -2.46. The van der Waals surface area contributed by atoms with Crippen LogP contribution in [0.25, 0.3) is 0 Å². The Morgan fingerprint density at radius 1 is 1.45 bits per heavy atom. The maximum atomic E-state index is 11.8. The van der Waals surface area contributed by atoms with E-state index in [1.54, 1.807) is 11.8 Å². The van der Waals surface area contributed by atoms with Crippen LogP contribution in [-0.4, -0.2) is 60.9 Å². The molecule has 1 heterocycles. The van der Waals surface area contributed by atoms with Gasteiger partial charge in [-0.05, 0) is 32.6 Å². The molecule has 1 atom stereocenters. The molecular formula is C14H25NO5. The SMILES string of the molecule is CCOC(=O)COCCCCN1C(=O)CCCC1CO. The maximum Gasteiger partial charge on any atom is 0.332 e. The van der Waals surface area contributed by atoms with Gasteiger partial charge in [0.15, 0.2) is 0 Å². The van der Waals surface area contributed by atoms with E-state index >= 15 is 0 Å². The molecule has 0 aliphatic carbocycles. The number of piperidine rings is 1. The number of rotatable bonds is 9. The van der Waals surface area contributed by atoms with E-state index in [-0.39, 0.29) is 31.1 Å². The predicted molar refractivity (Wildman–Crippen MR) is 73.1 cm³/mol. The summed E-state index contributed by atoms with van der Waals surface area (Å²) in [5, 5.41) is 9.26. The van der Waals surface area contributed by atoms with Gasteiger partial charge in [-0.15, -0.1) is 0 Å². The Hall–Kier alpha value is -1.14. The molecule has 20 heavy (non-hydrogen) atoms. The van der Waals surface area contributed by atoms with E-state index in [1.165, 1.54) is 0 Å². The molecule has 0 aromatic carbocycles. The normalized spacial score (nSPS) is 19.2. The molecule has 1 N–H and O–H groups in total. The van der Waals surface area contributed by atoms with Crippen LogP contribution in [0.1, 0.15) is 39.0 Å². The van der Waals surface area contributed by atoms with Crippen molar-refractivity contribution in [1.82, 2.24) is 4.90 Å². The van der Waals surface area contributed by atoms with Crippen LogP contribution in [0, 0.1) is 0 Å². The molecule has 0 spiro atoms. The Morgan fingerprint density at radius 3 is 2.95 bits per heavy atom. The molecule has 0 radical (unpaired) electrons. The average Bonchev–Trinajstić information content (AvgIpc) is 2.44. The topological polar surface area (TPSA) is 76.1 Å². The molecule has 1 amide bonds. The molecule has 0 aromatic rings. The number of ether oxygens (including phenoxy) is 2. The molecule has 1 aliphatic heterocycles. The van der Waals surface area contributed by atoms with Gasteiger partial charge in [-0.3, -0.25) is 4.79 Å². The van der Waals surface area contributed by atoms with E-state index in [1.807, 2.05) is 0 Å². The highest BCUT2D eigenvalue weighted by atomic mass is 16.6. The lowest BCUT2D eigenvalue weighted by atomic mass is 10.0. The highest BCUT2D eigenvalue weighted by Crippen LogP contribution is 2.18. The van der Waals surface area contributed by atoms with Crippen LogP contribution in [0.2, 0.25) is 0 Å². The number of aliphatic hydroxyl groups is 1. The molecule has 6 nitrogen and oxygen atoms in total. The monoisotopic (exact) mass is 287 g/mol. The number of nitrogens with zero attached hydrogens (tertiary/aromatic N) is 1. The minimum Gasteiger partial charge on any atom is -0.464 e. The van der Waals surface area contributed by atoms with Gasteiger partial charge in [0.25, 0.3) is 0 Å². The second-order valence-corrected chi connectivity index (χ2v) is 4.88. The fourth-order valence-corrected chi connectivity index (χ4v) is 2.33. The van der Waals surface area contributed by atoms with Gasteiger partial charge in [-0.2, -0.15) is 0 Å². The van der Waals surface area contributed by atoms with Gasteiger partial charge >= 0.3 is 5.97 Å². The zero-order chi connectivity index (χ0) is 14.8. The number of carbonyl (C=O) groups is 2. The Balaban J connectivity index is 2.10. The van der Waals surface area contributed by atoms with E-state index < -0.39 is 0 Å². The number of esters is 1. The van der Waals surface area contributed by atoms with E-state index in [4.69, 9.17) is 9.47 Å². The lowest BCUT2D eigenvalue weighted by molar-refractivity contribution is -0.148. The molecule has 1 aliphatic rings. The number of amides is 1. The summed E-state index contributed by atoms with van der Waals surface area (Å²) in [6, 6.07) is -0.0308. The molecule has 0 aromatic heterocycles. The van der Waals surface area contributed by atoms with Crippen molar-refractivity contribution in [3.8, 4) is 0 Å². The van der Waals surface area contributed by atoms with Crippen molar-refractivity contribution >= 4 is 11.9 Å². The average molecular weight is 287 g/mol. The first-order valence-electron chi connectivity index (χ1n) is 7.32. The largest absolute Gasteiger partial charge is 0.464 e. The van der Waals surface area contributed by atoms with Crippen molar-refractivity contribution in [2.45, 2.75) is 45.1 Å². The van der Waals surface area contributed by atoms with Crippen LogP contribution in [0.4, 0.5) is 0 Å². The first-order chi connectivity index (χ1) is 9.69. The number of likely N-dealkylation sites (tertiary alicyclic amines) is 1. The van der Waals surface area contributed by atoms with Crippen molar-refractivity contribution in [3.05, 3.63) is 0 Å². The first kappa shape index (κ1) is 16.9. The zero-order valence-electron chi connectivity index (χ0n) is 12.2. The molecule has 1 saturated heterocycles. The van der Waals surface area contributed by atoms with Crippen LogP contribution in [0.15, 0.2) is 0 Å². The number of hydrogen-bond donors (Lipinski definition) is 1. The zero-order valence-corrected chi connectivity index (χ0v) is 12.2. The number of aliphatic hydroxyl groups excluding tert-OH is 1. The van der Waals surface area contributed by atoms with Crippen molar-refractivity contribution in [2.75, 3.05) is 33.0 Å². The fourth-order valence-electron chi connectivity index (χ4n) is 2.33. The Morgan fingerprint density at radius 2 is 2.25 bits per heavy atom. The van der Waals surface area contributed by atoms with Crippen LogP contribution in [0.5, 0.6) is 0 Å². The van der Waals surface area contributed by atoms with Crippen molar-refractivity contribution in [3.63, 3.8) is 0 Å². The smallest absolute Gasteiger partial charge is 0.332 e. The minimum atomic E-state index is -0.348. The summed E-state index contributed by atoms with van der Waals surface area (Å²) < 4.78 is 9.93. The Labute approximate surface area is 120 Å². The highest BCUT2D eigenvalue weighted by Gasteiger charge is 2.26. The second kappa shape index (κ2) is 9.72. The lowest BCUT2D eigenvalue weighted by Gasteiger charge is -2.34. The summed E-state index contributed by atoms with van der Waals surface area (Å²) in [4.78, 5) is 24.6. The highest BCUT2D eigenvalue weighted by molar-refractivity contribution is 5.77. The van der Waals surface area contributed by atoms with Crippen molar-refractivity contribution in [2.24, 2.45) is 0 Å². The minimum absolute atomic E-state index is 0.0181. The van der Waals surface area contributed by atoms with Gasteiger partial charge in [0.05, 0.1) is 19.3 Å². The van der Waals surface area contributed by atoms with Crippen LogP contribution in [0.3, 0.4) is 0 Å². The standard InChI is InChI=1S/C14H25NO5/c1-2-20-14(18)11-19-9-4-3-8-15-12(10-16)6-5-7-13(15)17/h12,16H,2-11H2,1H3. The van der Waals surface area contributed by atoms with Crippen LogP contribution in [-0.2, 0) is 19.1 Å². The summed E-state index contributed by atoms with van der Waals surface area (Å²) in [5.41, 5.74) is 0. The van der Waals surface area contributed by atoms with Gasteiger partial charge in [0.2, 0.25) is 5.91 Å². The van der Waals surface area contributed by atoms with E-state index in [2.05, 4.69) is 0 Å². The third-order valence-electron chi connectivity index (χ3n) is 3.36. The quantitative estimate of drug-likeness (QED) is 0.499. The number of carbonyl (C=O) groups excluding carboxylic acids is 2. The summed E-state index contributed by atoms with van der Waals surface area (Å²) in [5.74, 6) is -0.221. The summed E-state index contributed by atoms with van der Waals surface area (Å²) in [6.07, 6.45) is 3.91. The predicted octanol–water partition coefficient (Wildman–Crippen LogP) is 0.720. The molecular weight excluding hydrogens is 262 g/mol. The third-order valence-corrected chi connectivity index (χ3v) is 3.36. The Kier molecular flexibility index (Phi) is 8.22. The van der Waals surface area contributed by atoms with E-state index in [9.17, 15) is 14.7 Å². The molecule has 0 saturated carbocycles. The molecule has 1 unspecified atom stereocenters. The molecule has 1 rings (SSSR count). The fraction of sp³-hybridized carbons (Fsp3) is 0.857. The Bertz CT molecular complexity index is 308. The molecule has 116 valence electrons. The van der Waals surface area contributed by atoms with Gasteiger partial charge in [0, 0.05) is 19.6 Å². The van der Waals surface area contributed by atoms with Crippen LogP contribution >= 0.6 is 0 Å². The molecule has 6 heteroatoms. The summed E-state index contributed by atoms with van der Waals surface area (Å²) >= 11 is 0. The summed E-state index contributed by atoms with van der Waals surface area (Å²) in [7, 11) is 0.